The molecule has 146 valence electrons. The van der Waals surface area contributed by atoms with Crippen molar-refractivity contribution in [3.8, 4) is 0 Å². The molecule has 0 radical (unpaired) electrons. The maximum atomic E-state index is 12.4. The summed E-state index contributed by atoms with van der Waals surface area (Å²) in [5, 5.41) is 2.88. The van der Waals surface area contributed by atoms with E-state index in [1.54, 1.807) is 20.3 Å². The van der Waals surface area contributed by atoms with E-state index in [-0.39, 0.29) is 17.7 Å². The molecule has 2 amide bonds. The second-order valence-electron chi connectivity index (χ2n) is 6.86. The lowest BCUT2D eigenvalue weighted by Gasteiger charge is -2.26. The van der Waals surface area contributed by atoms with Gasteiger partial charge in [0, 0.05) is 17.7 Å². The van der Waals surface area contributed by atoms with Crippen LogP contribution in [0.25, 0.3) is 0 Å². The van der Waals surface area contributed by atoms with E-state index in [2.05, 4.69) is 10.3 Å². The Balaban J connectivity index is 1.67. The van der Waals surface area contributed by atoms with E-state index < -0.39 is 0 Å². The van der Waals surface area contributed by atoms with Gasteiger partial charge in [0.25, 0.3) is 11.8 Å². The maximum Gasteiger partial charge on any atom is 0.273 e. The zero-order chi connectivity index (χ0) is 20.3. The molecule has 0 saturated heterocycles. The molecule has 0 fully saturated rings. The molecule has 1 heterocycles. The molecular formula is C22H24N2O4. The number of aliphatic imine (C=N–C) groups is 1. The Hall–Kier alpha value is -3.15. The number of allylic oxidation sites excluding steroid dienone is 4. The normalized spacial score (nSPS) is 18.3. The van der Waals surface area contributed by atoms with Crippen molar-refractivity contribution in [1.82, 2.24) is 5.32 Å². The van der Waals surface area contributed by atoms with Gasteiger partial charge in [0.05, 0.1) is 20.1 Å². The summed E-state index contributed by atoms with van der Waals surface area (Å²) in [6, 6.07) is 5.71. The molecule has 1 aromatic rings. The Bertz CT molecular complexity index is 918. The number of fused-ring (bicyclic) bond motifs is 1. The molecule has 2 aliphatic rings. The second kappa shape index (κ2) is 8.25. The van der Waals surface area contributed by atoms with Crippen molar-refractivity contribution in [2.24, 2.45) is 10.9 Å². The van der Waals surface area contributed by atoms with E-state index in [1.807, 2.05) is 44.2 Å². The smallest absolute Gasteiger partial charge is 0.273 e. The van der Waals surface area contributed by atoms with Crippen LogP contribution in [0.3, 0.4) is 0 Å². The summed E-state index contributed by atoms with van der Waals surface area (Å²) in [4.78, 5) is 29.0. The van der Waals surface area contributed by atoms with Crippen LogP contribution in [0.15, 0.2) is 58.5 Å². The molecule has 1 N–H and O–H groups in total. The number of dihydropyridines is 1. The molecule has 0 spiro atoms. The molecule has 1 aliphatic carbocycles. The molecular weight excluding hydrogens is 356 g/mol. The van der Waals surface area contributed by atoms with Crippen LogP contribution in [0.1, 0.15) is 27.9 Å². The van der Waals surface area contributed by atoms with Crippen molar-refractivity contribution >= 4 is 17.5 Å². The van der Waals surface area contributed by atoms with E-state index in [0.717, 1.165) is 11.1 Å². The van der Waals surface area contributed by atoms with Gasteiger partial charge in [-0.2, -0.15) is 0 Å². The highest BCUT2D eigenvalue weighted by Gasteiger charge is 2.32. The Morgan fingerprint density at radius 2 is 1.82 bits per heavy atom. The van der Waals surface area contributed by atoms with E-state index in [4.69, 9.17) is 9.47 Å². The van der Waals surface area contributed by atoms with Gasteiger partial charge < -0.3 is 14.8 Å². The van der Waals surface area contributed by atoms with Gasteiger partial charge in [-0.1, -0.05) is 23.3 Å². The fourth-order valence-electron chi connectivity index (χ4n) is 3.45. The maximum absolute atomic E-state index is 12.4. The molecule has 3 rings (SSSR count). The predicted octanol–water partition coefficient (Wildman–Crippen LogP) is 3.02. The summed E-state index contributed by atoms with van der Waals surface area (Å²) in [6.07, 6.45) is 5.79. The highest BCUT2D eigenvalue weighted by Crippen LogP contribution is 2.30. The monoisotopic (exact) mass is 380 g/mol. The lowest BCUT2D eigenvalue weighted by atomic mass is 9.89. The topological polar surface area (TPSA) is 77.0 Å². The Morgan fingerprint density at radius 3 is 2.46 bits per heavy atom. The lowest BCUT2D eigenvalue weighted by molar-refractivity contribution is -0.114. The summed E-state index contributed by atoms with van der Waals surface area (Å²) < 4.78 is 10.7. The number of benzene rings is 1. The number of ether oxygens (including phenoxy) is 2. The summed E-state index contributed by atoms with van der Waals surface area (Å²) >= 11 is 0. The number of hydrogen-bond donors (Lipinski definition) is 1. The van der Waals surface area contributed by atoms with Gasteiger partial charge >= 0.3 is 0 Å². The number of carbonyl (C=O) groups is 2. The molecule has 6 nitrogen and oxygen atoms in total. The van der Waals surface area contributed by atoms with Crippen LogP contribution in [-0.2, 0) is 14.3 Å². The minimum Gasteiger partial charge on any atom is -0.500 e. The SMILES string of the molecule is COC1=CC=C(OC)C2C=C(CCNC(=O)c3cc(C)cc(C)c3)C(=O)N=C12. The molecule has 1 atom stereocenters. The van der Waals surface area contributed by atoms with Crippen molar-refractivity contribution < 1.29 is 19.1 Å². The van der Waals surface area contributed by atoms with E-state index in [0.29, 0.717) is 41.3 Å². The Morgan fingerprint density at radius 1 is 1.11 bits per heavy atom. The van der Waals surface area contributed by atoms with Gasteiger partial charge in [0.1, 0.15) is 17.2 Å². The molecule has 1 aliphatic heterocycles. The van der Waals surface area contributed by atoms with Crippen molar-refractivity contribution in [3.63, 3.8) is 0 Å². The number of nitrogens with one attached hydrogen (secondary N) is 1. The average molecular weight is 380 g/mol. The number of hydrogen-bond acceptors (Lipinski definition) is 4. The molecule has 28 heavy (non-hydrogen) atoms. The summed E-state index contributed by atoms with van der Waals surface area (Å²) in [5.74, 6) is 0.529. The molecule has 1 aromatic carbocycles. The zero-order valence-corrected chi connectivity index (χ0v) is 16.5. The van der Waals surface area contributed by atoms with Crippen molar-refractivity contribution in [2.45, 2.75) is 20.3 Å². The minimum absolute atomic E-state index is 0.153. The zero-order valence-electron chi connectivity index (χ0n) is 16.5. The first kappa shape index (κ1) is 19.6. The molecule has 0 saturated carbocycles. The number of methoxy groups -OCH3 is 2. The van der Waals surface area contributed by atoms with Gasteiger partial charge in [-0.15, -0.1) is 0 Å². The predicted molar refractivity (Wildman–Crippen MR) is 107 cm³/mol. The van der Waals surface area contributed by atoms with Gasteiger partial charge in [0.15, 0.2) is 0 Å². The number of amides is 2. The number of nitrogens with zero attached hydrogens (tertiary/aromatic N) is 1. The Labute approximate surface area is 164 Å². The van der Waals surface area contributed by atoms with Gasteiger partial charge in [0.2, 0.25) is 0 Å². The van der Waals surface area contributed by atoms with Crippen LogP contribution in [0.2, 0.25) is 0 Å². The van der Waals surface area contributed by atoms with E-state index in [9.17, 15) is 9.59 Å². The Kier molecular flexibility index (Phi) is 5.78. The third-order valence-electron chi connectivity index (χ3n) is 4.74. The van der Waals surface area contributed by atoms with Gasteiger partial charge in [-0.25, -0.2) is 4.99 Å². The fraction of sp³-hybridized carbons (Fsp3) is 0.318. The lowest BCUT2D eigenvalue weighted by Crippen LogP contribution is -2.30. The number of rotatable bonds is 6. The first-order valence-corrected chi connectivity index (χ1v) is 9.13. The van der Waals surface area contributed by atoms with Crippen molar-refractivity contribution in [2.75, 3.05) is 20.8 Å². The first-order chi connectivity index (χ1) is 13.4. The van der Waals surface area contributed by atoms with Crippen LogP contribution >= 0.6 is 0 Å². The summed E-state index contributed by atoms with van der Waals surface area (Å²) in [7, 11) is 3.13. The molecule has 6 heteroatoms. The third-order valence-corrected chi connectivity index (χ3v) is 4.74. The van der Waals surface area contributed by atoms with E-state index >= 15 is 0 Å². The van der Waals surface area contributed by atoms with Crippen LogP contribution in [-0.4, -0.2) is 38.3 Å². The minimum atomic E-state index is -0.313. The fourth-order valence-corrected chi connectivity index (χ4v) is 3.45. The van der Waals surface area contributed by atoms with Gasteiger partial charge in [-0.3, -0.25) is 9.59 Å². The van der Waals surface area contributed by atoms with Crippen molar-refractivity contribution in [3.05, 3.63) is 70.2 Å². The van der Waals surface area contributed by atoms with Crippen LogP contribution in [0.4, 0.5) is 0 Å². The van der Waals surface area contributed by atoms with E-state index in [1.165, 1.54) is 0 Å². The number of carbonyl (C=O) groups excluding carboxylic acids is 2. The first-order valence-electron chi connectivity index (χ1n) is 9.13. The third kappa shape index (κ3) is 4.06. The molecule has 0 bridgehead atoms. The highest BCUT2D eigenvalue weighted by molar-refractivity contribution is 6.15. The van der Waals surface area contributed by atoms with Crippen LogP contribution < -0.4 is 5.32 Å². The standard InChI is InChI=1S/C22H24N2O4/c1-13-9-14(2)11-16(10-13)21(25)23-8-7-15-12-17-18(27-3)5-6-19(28-4)20(17)24-22(15)26/h5-6,9-12,17H,7-8H2,1-4H3,(H,23,25). The van der Waals surface area contributed by atoms with Crippen LogP contribution in [0.5, 0.6) is 0 Å². The quantitative estimate of drug-likeness (QED) is 0.823. The highest BCUT2D eigenvalue weighted by atomic mass is 16.5. The van der Waals surface area contributed by atoms with Crippen LogP contribution in [0, 0.1) is 19.8 Å². The second-order valence-corrected chi connectivity index (χ2v) is 6.86. The summed E-state index contributed by atoms with van der Waals surface area (Å²) in [5.41, 5.74) is 3.80. The molecule has 1 unspecified atom stereocenters. The van der Waals surface area contributed by atoms with Crippen molar-refractivity contribution in [1.29, 1.82) is 0 Å². The van der Waals surface area contributed by atoms with Gasteiger partial charge in [-0.05, 0) is 44.6 Å². The summed E-state index contributed by atoms with van der Waals surface area (Å²) in [6.45, 7) is 4.26. The molecule has 0 aromatic heterocycles. The number of aryl methyl sites for hydroxylation is 2. The average Bonchev–Trinajstić information content (AvgIpc) is 2.66. The largest absolute Gasteiger partial charge is 0.500 e.